The Hall–Kier alpha value is -1.95. The number of amides is 1. The zero-order valence-corrected chi connectivity index (χ0v) is 17.4. The van der Waals surface area contributed by atoms with Gasteiger partial charge in [0.05, 0.1) is 0 Å². The van der Waals surface area contributed by atoms with Gasteiger partial charge < -0.3 is 9.84 Å². The highest BCUT2D eigenvalue weighted by Crippen LogP contribution is 2.33. The average Bonchev–Trinajstić information content (AvgIpc) is 2.62. The molecule has 0 saturated heterocycles. The van der Waals surface area contributed by atoms with E-state index in [1.807, 2.05) is 26.0 Å². The van der Waals surface area contributed by atoms with Crippen LogP contribution in [0.15, 0.2) is 30.3 Å². The Morgan fingerprint density at radius 3 is 2.41 bits per heavy atom. The van der Waals surface area contributed by atoms with E-state index in [0.717, 1.165) is 16.7 Å². The average molecular weight is 411 g/mol. The summed E-state index contributed by atoms with van der Waals surface area (Å²) in [6.45, 7) is 3.93. The van der Waals surface area contributed by atoms with E-state index in [2.05, 4.69) is 5.43 Å². The largest absolute Gasteiger partial charge is 0.508 e. The van der Waals surface area contributed by atoms with Gasteiger partial charge in [-0.15, -0.1) is 0 Å². The van der Waals surface area contributed by atoms with Gasteiger partial charge in [0, 0.05) is 30.6 Å². The Bertz CT molecular complexity index is 802. The van der Waals surface area contributed by atoms with Crippen molar-refractivity contribution in [3.8, 4) is 11.5 Å². The normalized spacial score (nSPS) is 10.9. The van der Waals surface area contributed by atoms with Crippen LogP contribution in [0.3, 0.4) is 0 Å². The van der Waals surface area contributed by atoms with E-state index in [0.29, 0.717) is 22.2 Å². The van der Waals surface area contributed by atoms with Gasteiger partial charge in [-0.1, -0.05) is 49.2 Å². The van der Waals surface area contributed by atoms with Crippen LogP contribution in [0.4, 0.5) is 0 Å². The van der Waals surface area contributed by atoms with E-state index in [4.69, 9.17) is 27.9 Å². The summed E-state index contributed by atoms with van der Waals surface area (Å²) in [6.07, 6.45) is 0.527. The number of carbonyl (C=O) groups excluding carboxylic acids is 1. The minimum absolute atomic E-state index is 0.126. The number of hydrazine groups is 1. The molecule has 0 aliphatic heterocycles. The number of benzene rings is 2. The van der Waals surface area contributed by atoms with Crippen molar-refractivity contribution in [1.82, 2.24) is 10.4 Å². The second-order valence-corrected chi connectivity index (χ2v) is 7.37. The number of halogens is 2. The number of carbonyl (C=O) groups is 1. The molecule has 146 valence electrons. The predicted octanol–water partition coefficient (Wildman–Crippen LogP) is 4.38. The number of phenolic OH excluding ortho intramolecular Hbond substituents is 1. The number of ether oxygens (including phenoxy) is 1. The molecule has 0 aliphatic carbocycles. The monoisotopic (exact) mass is 410 g/mol. The van der Waals surface area contributed by atoms with Gasteiger partial charge in [-0.3, -0.25) is 9.80 Å². The summed E-state index contributed by atoms with van der Waals surface area (Å²) in [5.41, 5.74) is 5.36. The number of hydrogen-bond donors (Lipinski definition) is 2. The quantitative estimate of drug-likeness (QED) is 0.664. The van der Waals surface area contributed by atoms with Crippen LogP contribution in [0.2, 0.25) is 10.0 Å². The fourth-order valence-corrected chi connectivity index (χ4v) is 3.18. The summed E-state index contributed by atoms with van der Waals surface area (Å²) >= 11 is 12.8. The molecule has 2 aromatic carbocycles. The number of phenols is 1. The maximum atomic E-state index is 11.8. The third kappa shape index (κ3) is 5.51. The molecule has 0 atom stereocenters. The fourth-order valence-electron chi connectivity index (χ4n) is 2.58. The molecule has 2 rings (SSSR count). The molecule has 5 nitrogen and oxygen atoms in total. The van der Waals surface area contributed by atoms with Crippen molar-refractivity contribution in [3.63, 3.8) is 0 Å². The number of aromatic hydroxyl groups is 1. The molecule has 0 fully saturated rings. The zero-order chi connectivity index (χ0) is 20.1. The number of nitrogens with one attached hydrogen (secondary N) is 1. The Morgan fingerprint density at radius 1 is 1.22 bits per heavy atom. The van der Waals surface area contributed by atoms with Gasteiger partial charge in [-0.05, 0) is 40.8 Å². The van der Waals surface area contributed by atoms with E-state index < -0.39 is 0 Å². The highest BCUT2D eigenvalue weighted by atomic mass is 35.5. The van der Waals surface area contributed by atoms with Crippen molar-refractivity contribution in [2.75, 3.05) is 20.7 Å². The van der Waals surface area contributed by atoms with Crippen molar-refractivity contribution in [3.05, 3.63) is 57.1 Å². The second-order valence-electron chi connectivity index (χ2n) is 6.56. The molecule has 0 spiro atoms. The summed E-state index contributed by atoms with van der Waals surface area (Å²) < 4.78 is 5.49. The molecule has 0 unspecified atom stereocenters. The molecular formula is C20H24Cl2N2O3. The van der Waals surface area contributed by atoms with Gasteiger partial charge in [0.25, 0.3) is 5.91 Å². The van der Waals surface area contributed by atoms with Crippen LogP contribution >= 0.6 is 23.2 Å². The smallest absolute Gasteiger partial charge is 0.274 e. The Balaban J connectivity index is 2.18. The molecule has 0 bridgehead atoms. The first kappa shape index (κ1) is 21.4. The van der Waals surface area contributed by atoms with Crippen LogP contribution < -0.4 is 10.2 Å². The van der Waals surface area contributed by atoms with Crippen molar-refractivity contribution in [2.24, 2.45) is 0 Å². The van der Waals surface area contributed by atoms with Crippen LogP contribution in [0.25, 0.3) is 0 Å². The molecule has 2 aromatic rings. The number of hydrogen-bond acceptors (Lipinski definition) is 4. The van der Waals surface area contributed by atoms with Crippen molar-refractivity contribution in [1.29, 1.82) is 0 Å². The van der Waals surface area contributed by atoms with Gasteiger partial charge in [0.15, 0.2) is 6.61 Å². The van der Waals surface area contributed by atoms with Crippen molar-refractivity contribution < 1.29 is 14.6 Å². The van der Waals surface area contributed by atoms with Crippen molar-refractivity contribution >= 4 is 29.1 Å². The lowest BCUT2D eigenvalue weighted by molar-refractivity contribution is -0.134. The van der Waals surface area contributed by atoms with Gasteiger partial charge in [0.2, 0.25) is 0 Å². The minimum Gasteiger partial charge on any atom is -0.508 e. The van der Waals surface area contributed by atoms with Crippen LogP contribution in [0.5, 0.6) is 11.5 Å². The Kier molecular flexibility index (Phi) is 7.36. The van der Waals surface area contributed by atoms with E-state index in [1.165, 1.54) is 5.01 Å². The summed E-state index contributed by atoms with van der Waals surface area (Å²) in [6, 6.07) is 8.81. The molecule has 27 heavy (non-hydrogen) atoms. The third-order valence-corrected chi connectivity index (χ3v) is 4.96. The fraction of sp³-hybridized carbons (Fsp3) is 0.350. The van der Waals surface area contributed by atoms with Crippen LogP contribution in [0.1, 0.15) is 36.5 Å². The SMILES string of the molecule is CNN(C)C(=O)COc1cc(Cl)c(Cc2ccc(O)c(C(C)C)c2)c(Cl)c1. The van der Waals surface area contributed by atoms with E-state index >= 15 is 0 Å². The molecule has 0 saturated carbocycles. The highest BCUT2D eigenvalue weighted by molar-refractivity contribution is 6.36. The summed E-state index contributed by atoms with van der Waals surface area (Å²) in [5, 5.41) is 12.2. The molecule has 2 N–H and O–H groups in total. The topological polar surface area (TPSA) is 61.8 Å². The first-order valence-corrected chi connectivity index (χ1v) is 9.35. The number of likely N-dealkylation sites (N-methyl/N-ethyl adjacent to an activating group) is 1. The Labute approximate surface area is 169 Å². The van der Waals surface area contributed by atoms with Gasteiger partial charge in [-0.2, -0.15) is 0 Å². The van der Waals surface area contributed by atoms with Crippen LogP contribution in [-0.4, -0.2) is 36.7 Å². The van der Waals surface area contributed by atoms with E-state index in [9.17, 15) is 9.90 Å². The standard InChI is InChI=1S/C20H24Cl2N2O3/c1-12(2)15-7-13(5-6-19(15)25)8-16-17(21)9-14(10-18(16)22)27-11-20(26)24(4)23-3/h5-7,9-10,12,23,25H,8,11H2,1-4H3. The minimum atomic E-state index is -0.223. The summed E-state index contributed by atoms with van der Waals surface area (Å²) in [4.78, 5) is 11.8. The van der Waals surface area contributed by atoms with E-state index in [-0.39, 0.29) is 24.2 Å². The summed E-state index contributed by atoms with van der Waals surface area (Å²) in [5.74, 6) is 0.699. The van der Waals surface area contributed by atoms with Crippen molar-refractivity contribution in [2.45, 2.75) is 26.2 Å². The van der Waals surface area contributed by atoms with Crippen LogP contribution in [0, 0.1) is 0 Å². The van der Waals surface area contributed by atoms with Crippen LogP contribution in [-0.2, 0) is 11.2 Å². The zero-order valence-electron chi connectivity index (χ0n) is 15.8. The molecule has 1 amide bonds. The number of rotatable bonds is 7. The molecular weight excluding hydrogens is 387 g/mol. The predicted molar refractivity (Wildman–Crippen MR) is 109 cm³/mol. The molecule has 0 radical (unpaired) electrons. The van der Waals surface area contributed by atoms with Gasteiger partial charge in [0.1, 0.15) is 11.5 Å². The maximum Gasteiger partial charge on any atom is 0.274 e. The molecule has 0 heterocycles. The summed E-state index contributed by atoms with van der Waals surface area (Å²) in [7, 11) is 3.26. The molecule has 0 aliphatic rings. The number of nitrogens with zero attached hydrogens (tertiary/aromatic N) is 1. The first-order valence-electron chi connectivity index (χ1n) is 8.59. The molecule has 0 aromatic heterocycles. The van der Waals surface area contributed by atoms with E-state index in [1.54, 1.807) is 32.3 Å². The lowest BCUT2D eigenvalue weighted by Gasteiger charge is -2.16. The Morgan fingerprint density at radius 2 is 1.85 bits per heavy atom. The molecule has 7 heteroatoms. The van der Waals surface area contributed by atoms with Gasteiger partial charge >= 0.3 is 0 Å². The highest BCUT2D eigenvalue weighted by Gasteiger charge is 2.14. The second kappa shape index (κ2) is 9.31. The van der Waals surface area contributed by atoms with Gasteiger partial charge in [-0.25, -0.2) is 5.43 Å². The lowest BCUT2D eigenvalue weighted by atomic mass is 9.96. The maximum absolute atomic E-state index is 11.8. The first-order chi connectivity index (χ1) is 12.7. The third-order valence-electron chi connectivity index (χ3n) is 4.28. The lowest BCUT2D eigenvalue weighted by Crippen LogP contribution is -2.39.